The van der Waals surface area contributed by atoms with Crippen LogP contribution in [0.4, 0.5) is 0 Å². The maximum atomic E-state index is 10.6. The zero-order chi connectivity index (χ0) is 14.7. The average Bonchev–Trinajstić information content (AvgIpc) is 3.15. The van der Waals surface area contributed by atoms with Crippen LogP contribution < -0.4 is 0 Å². The molecule has 2 aromatic heterocycles. The van der Waals surface area contributed by atoms with Gasteiger partial charge in [0.1, 0.15) is 0 Å². The Bertz CT molecular complexity index is 859. The smallest absolute Gasteiger partial charge is 0.335 e. The summed E-state index contributed by atoms with van der Waals surface area (Å²) >= 11 is 3.40. The van der Waals surface area contributed by atoms with Crippen LogP contribution in [0.3, 0.4) is 0 Å². The Labute approximate surface area is 129 Å². The molecule has 0 saturated heterocycles. The molecule has 4 heteroatoms. The molecule has 0 unspecified atom stereocenters. The van der Waals surface area contributed by atoms with Crippen LogP contribution in [0.15, 0.2) is 65.4 Å². The topological polar surface area (TPSA) is 37.3 Å². The Morgan fingerprint density at radius 3 is 2.19 bits per heavy atom. The third kappa shape index (κ3) is 3.12. The Morgan fingerprint density at radius 2 is 1.48 bits per heavy atom. The number of carboxylic acids is 1. The molecule has 0 fully saturated rings. The molecule has 0 amide bonds. The van der Waals surface area contributed by atoms with E-state index in [-0.39, 0.29) is 0 Å². The number of benzene rings is 2. The summed E-state index contributed by atoms with van der Waals surface area (Å²) in [6, 6.07) is 17.6. The van der Waals surface area contributed by atoms with Crippen molar-refractivity contribution in [2.24, 2.45) is 0 Å². The molecular weight excluding hydrogens is 300 g/mol. The summed E-state index contributed by atoms with van der Waals surface area (Å²) in [6.07, 6.45) is 0. The van der Waals surface area contributed by atoms with Crippen molar-refractivity contribution in [2.75, 3.05) is 0 Å². The Morgan fingerprint density at radius 1 is 0.810 bits per heavy atom. The zero-order valence-corrected chi connectivity index (χ0v) is 12.7. The summed E-state index contributed by atoms with van der Waals surface area (Å²) in [5.41, 5.74) is 0.348. The quantitative estimate of drug-likeness (QED) is 0.504. The van der Waals surface area contributed by atoms with E-state index >= 15 is 0 Å². The predicted octanol–water partition coefficient (Wildman–Crippen LogP) is 5.50. The van der Waals surface area contributed by atoms with Crippen LogP contribution in [0.2, 0.25) is 0 Å². The number of fused-ring (bicyclic) bond motifs is 2. The minimum absolute atomic E-state index is 0.348. The molecule has 0 aliphatic carbocycles. The molecule has 0 saturated carbocycles. The maximum absolute atomic E-state index is 10.6. The van der Waals surface area contributed by atoms with E-state index in [1.165, 1.54) is 10.1 Å². The molecule has 104 valence electrons. The fourth-order valence-electron chi connectivity index (χ4n) is 2.01. The summed E-state index contributed by atoms with van der Waals surface area (Å²) in [6.45, 7) is 0. The second-order valence-corrected chi connectivity index (χ2v) is 6.33. The van der Waals surface area contributed by atoms with Crippen LogP contribution in [0.5, 0.6) is 0 Å². The van der Waals surface area contributed by atoms with E-state index in [1.54, 1.807) is 34.8 Å². The van der Waals surface area contributed by atoms with Crippen molar-refractivity contribution in [1.82, 2.24) is 0 Å². The predicted molar refractivity (Wildman–Crippen MR) is 90.6 cm³/mol. The number of carboxylic acid groups (broad SMARTS) is 1. The zero-order valence-electron chi connectivity index (χ0n) is 11.0. The third-order valence-corrected chi connectivity index (χ3v) is 4.86. The van der Waals surface area contributed by atoms with E-state index in [1.807, 2.05) is 17.5 Å². The van der Waals surface area contributed by atoms with E-state index in [2.05, 4.69) is 35.7 Å². The van der Waals surface area contributed by atoms with Crippen molar-refractivity contribution < 1.29 is 9.90 Å². The van der Waals surface area contributed by atoms with Crippen molar-refractivity contribution in [3.05, 3.63) is 70.9 Å². The number of rotatable bonds is 1. The van der Waals surface area contributed by atoms with Gasteiger partial charge in [0.15, 0.2) is 0 Å². The summed E-state index contributed by atoms with van der Waals surface area (Å²) in [7, 11) is 0. The maximum Gasteiger partial charge on any atom is 0.335 e. The standard InChI is InChI=1S/C9H6O2S.C8H6S/c10-9(11)7-1-2-8-6(5-7)3-4-12-8;1-2-4-8-7(3-1)5-6-9-8/h1-5H,(H,10,11);1-6H. The molecule has 0 aliphatic heterocycles. The van der Waals surface area contributed by atoms with Gasteiger partial charge in [-0.3, -0.25) is 0 Å². The molecule has 0 radical (unpaired) electrons. The minimum atomic E-state index is -0.872. The lowest BCUT2D eigenvalue weighted by Crippen LogP contribution is -1.94. The van der Waals surface area contributed by atoms with Crippen LogP contribution in [0.1, 0.15) is 10.4 Å². The van der Waals surface area contributed by atoms with Gasteiger partial charge in [-0.05, 0) is 57.9 Å². The highest BCUT2D eigenvalue weighted by molar-refractivity contribution is 7.17. The molecule has 2 aromatic carbocycles. The first-order chi connectivity index (χ1) is 10.2. The first kappa shape index (κ1) is 13.8. The summed E-state index contributed by atoms with van der Waals surface area (Å²) in [5.74, 6) is -0.872. The lowest BCUT2D eigenvalue weighted by molar-refractivity contribution is 0.0697. The van der Waals surface area contributed by atoms with Gasteiger partial charge in [0.2, 0.25) is 0 Å². The van der Waals surface area contributed by atoms with Gasteiger partial charge in [-0.15, -0.1) is 22.7 Å². The summed E-state index contributed by atoms with van der Waals surface area (Å²) in [5, 5.41) is 15.1. The van der Waals surface area contributed by atoms with E-state index in [9.17, 15) is 4.79 Å². The lowest BCUT2D eigenvalue weighted by atomic mass is 10.2. The fraction of sp³-hybridized carbons (Fsp3) is 0. The Hall–Kier alpha value is -2.17. The van der Waals surface area contributed by atoms with Gasteiger partial charge in [-0.25, -0.2) is 4.79 Å². The lowest BCUT2D eigenvalue weighted by Gasteiger charge is -1.92. The van der Waals surface area contributed by atoms with Crippen LogP contribution in [-0.4, -0.2) is 11.1 Å². The molecule has 4 rings (SSSR count). The highest BCUT2D eigenvalue weighted by Gasteiger charge is 2.02. The number of hydrogen-bond acceptors (Lipinski definition) is 3. The average molecular weight is 312 g/mol. The first-order valence-electron chi connectivity index (χ1n) is 6.37. The van der Waals surface area contributed by atoms with Gasteiger partial charge in [0, 0.05) is 9.40 Å². The molecule has 0 aliphatic rings. The van der Waals surface area contributed by atoms with Gasteiger partial charge in [0.25, 0.3) is 0 Å². The van der Waals surface area contributed by atoms with Gasteiger partial charge < -0.3 is 5.11 Å². The molecule has 2 heterocycles. The van der Waals surface area contributed by atoms with E-state index in [0.29, 0.717) is 5.56 Å². The van der Waals surface area contributed by atoms with E-state index < -0.39 is 5.97 Å². The van der Waals surface area contributed by atoms with E-state index in [4.69, 9.17) is 5.11 Å². The molecule has 0 spiro atoms. The van der Waals surface area contributed by atoms with Gasteiger partial charge in [-0.1, -0.05) is 18.2 Å². The van der Waals surface area contributed by atoms with E-state index in [0.717, 1.165) is 10.1 Å². The fourth-order valence-corrected chi connectivity index (χ4v) is 3.57. The molecule has 1 N–H and O–H groups in total. The highest BCUT2D eigenvalue weighted by Crippen LogP contribution is 2.21. The number of hydrogen-bond donors (Lipinski definition) is 1. The summed E-state index contributed by atoms with van der Waals surface area (Å²) in [4.78, 5) is 10.6. The normalized spacial score (nSPS) is 10.3. The molecule has 2 nitrogen and oxygen atoms in total. The van der Waals surface area contributed by atoms with Crippen LogP contribution >= 0.6 is 22.7 Å². The van der Waals surface area contributed by atoms with Crippen molar-refractivity contribution in [3.8, 4) is 0 Å². The first-order valence-corrected chi connectivity index (χ1v) is 8.13. The SMILES string of the molecule is O=C(O)c1ccc2sccc2c1.c1ccc2sccc2c1. The monoisotopic (exact) mass is 312 g/mol. The summed E-state index contributed by atoms with van der Waals surface area (Å²) < 4.78 is 2.50. The van der Waals surface area contributed by atoms with Gasteiger partial charge in [0.05, 0.1) is 5.56 Å². The van der Waals surface area contributed by atoms with Crippen LogP contribution in [0, 0.1) is 0 Å². The number of aromatic carboxylic acids is 1. The highest BCUT2D eigenvalue weighted by atomic mass is 32.1. The van der Waals surface area contributed by atoms with Crippen molar-refractivity contribution >= 4 is 48.8 Å². The molecule has 0 bridgehead atoms. The molecule has 21 heavy (non-hydrogen) atoms. The largest absolute Gasteiger partial charge is 0.478 e. The van der Waals surface area contributed by atoms with Gasteiger partial charge >= 0.3 is 5.97 Å². The van der Waals surface area contributed by atoms with Crippen molar-refractivity contribution in [3.63, 3.8) is 0 Å². The van der Waals surface area contributed by atoms with Crippen molar-refractivity contribution in [2.45, 2.75) is 0 Å². The Balaban J connectivity index is 0.000000131. The second kappa shape index (κ2) is 6.08. The molecule has 4 aromatic rings. The van der Waals surface area contributed by atoms with Crippen LogP contribution in [-0.2, 0) is 0 Å². The van der Waals surface area contributed by atoms with Crippen LogP contribution in [0.25, 0.3) is 20.2 Å². The molecular formula is C17H12O2S2. The second-order valence-electron chi connectivity index (χ2n) is 4.44. The number of carbonyl (C=O) groups is 1. The van der Waals surface area contributed by atoms with Crippen molar-refractivity contribution in [1.29, 1.82) is 0 Å². The number of thiophene rings is 2. The minimum Gasteiger partial charge on any atom is -0.478 e. The third-order valence-electron chi connectivity index (χ3n) is 3.06. The van der Waals surface area contributed by atoms with Gasteiger partial charge in [-0.2, -0.15) is 0 Å². The Kier molecular flexibility index (Phi) is 3.99. The molecule has 0 atom stereocenters.